The number of hydrogen-bond donors (Lipinski definition) is 0. The molecular formula is C15H18FN3O. The Morgan fingerprint density at radius 2 is 1.90 bits per heavy atom. The third-order valence-electron chi connectivity index (χ3n) is 3.62. The predicted octanol–water partition coefficient (Wildman–Crippen LogP) is 1.28. The summed E-state index contributed by atoms with van der Waals surface area (Å²) >= 11 is 0. The number of likely N-dealkylation sites (N-methyl/N-ethyl adjacent to an activating group) is 1. The minimum absolute atomic E-state index is 0.120. The number of carbonyl (C=O) groups excluding carboxylic acids is 1. The Labute approximate surface area is 118 Å². The van der Waals surface area contributed by atoms with Gasteiger partial charge in [-0.25, -0.2) is 4.39 Å². The van der Waals surface area contributed by atoms with Gasteiger partial charge in [0.05, 0.1) is 6.07 Å². The summed E-state index contributed by atoms with van der Waals surface area (Å²) < 4.78 is 12.8. The van der Waals surface area contributed by atoms with Crippen molar-refractivity contribution in [2.24, 2.45) is 5.92 Å². The van der Waals surface area contributed by atoms with Crippen molar-refractivity contribution in [3.8, 4) is 6.07 Å². The normalized spacial score (nSPS) is 17.6. The van der Waals surface area contributed by atoms with Gasteiger partial charge < -0.3 is 9.80 Å². The van der Waals surface area contributed by atoms with Crippen LogP contribution in [0.1, 0.15) is 5.56 Å². The second-order valence-corrected chi connectivity index (χ2v) is 5.14. The smallest absolute Gasteiger partial charge is 0.240 e. The minimum Gasteiger partial charge on any atom is -0.339 e. The van der Waals surface area contributed by atoms with E-state index >= 15 is 0 Å². The van der Waals surface area contributed by atoms with Crippen molar-refractivity contribution >= 4 is 5.91 Å². The second-order valence-electron chi connectivity index (χ2n) is 5.14. The molecule has 5 heteroatoms. The van der Waals surface area contributed by atoms with Gasteiger partial charge in [-0.3, -0.25) is 4.79 Å². The van der Waals surface area contributed by atoms with E-state index < -0.39 is 5.92 Å². The van der Waals surface area contributed by atoms with Gasteiger partial charge in [0, 0.05) is 26.2 Å². The fourth-order valence-electron chi connectivity index (χ4n) is 2.29. The van der Waals surface area contributed by atoms with E-state index in [2.05, 4.69) is 11.0 Å². The van der Waals surface area contributed by atoms with Gasteiger partial charge in [0.1, 0.15) is 11.7 Å². The molecule has 1 aromatic rings. The van der Waals surface area contributed by atoms with Crippen molar-refractivity contribution in [3.63, 3.8) is 0 Å². The number of carbonyl (C=O) groups is 1. The van der Waals surface area contributed by atoms with E-state index in [0.717, 1.165) is 18.7 Å². The first-order chi connectivity index (χ1) is 9.60. The number of rotatable bonds is 3. The molecule has 1 heterocycles. The highest BCUT2D eigenvalue weighted by molar-refractivity contribution is 5.81. The topological polar surface area (TPSA) is 47.3 Å². The average molecular weight is 275 g/mol. The lowest BCUT2D eigenvalue weighted by molar-refractivity contribution is -0.135. The van der Waals surface area contributed by atoms with Crippen LogP contribution >= 0.6 is 0 Å². The second kappa shape index (κ2) is 6.49. The average Bonchev–Trinajstić information content (AvgIpc) is 2.47. The monoisotopic (exact) mass is 275 g/mol. The van der Waals surface area contributed by atoms with E-state index in [1.54, 1.807) is 17.0 Å². The number of piperazine rings is 1. The molecule has 0 radical (unpaired) electrons. The third-order valence-corrected chi connectivity index (χ3v) is 3.62. The quantitative estimate of drug-likeness (QED) is 0.835. The molecule has 106 valence electrons. The maximum absolute atomic E-state index is 12.8. The molecule has 4 nitrogen and oxygen atoms in total. The Hall–Kier alpha value is -1.93. The fourth-order valence-corrected chi connectivity index (χ4v) is 2.29. The molecule has 0 aromatic heterocycles. The highest BCUT2D eigenvalue weighted by Gasteiger charge is 2.26. The van der Waals surface area contributed by atoms with Crippen LogP contribution in [0.3, 0.4) is 0 Å². The van der Waals surface area contributed by atoms with Gasteiger partial charge in [-0.15, -0.1) is 0 Å². The molecule has 0 spiro atoms. The Morgan fingerprint density at radius 1 is 1.30 bits per heavy atom. The maximum Gasteiger partial charge on any atom is 0.240 e. The van der Waals surface area contributed by atoms with Crippen LogP contribution in [0.4, 0.5) is 4.39 Å². The Bertz CT molecular complexity index is 501. The van der Waals surface area contributed by atoms with Gasteiger partial charge in [-0.2, -0.15) is 5.26 Å². The van der Waals surface area contributed by atoms with Crippen LogP contribution < -0.4 is 0 Å². The molecule has 1 saturated heterocycles. The van der Waals surface area contributed by atoms with Crippen LogP contribution in [-0.4, -0.2) is 48.9 Å². The van der Waals surface area contributed by atoms with Crippen LogP contribution in [0.25, 0.3) is 0 Å². The standard InChI is InChI=1S/C15H18FN3O/c1-18-6-8-19(9-7-18)15(20)13(11-17)10-12-2-4-14(16)5-3-12/h2-5,13H,6-10H2,1H3. The van der Waals surface area contributed by atoms with Gasteiger partial charge >= 0.3 is 0 Å². The zero-order valence-corrected chi connectivity index (χ0v) is 11.6. The Morgan fingerprint density at radius 3 is 2.45 bits per heavy atom. The maximum atomic E-state index is 12.8. The van der Waals surface area contributed by atoms with E-state index in [1.165, 1.54) is 12.1 Å². The van der Waals surface area contributed by atoms with Crippen molar-refractivity contribution in [1.29, 1.82) is 5.26 Å². The fraction of sp³-hybridized carbons (Fsp3) is 0.467. The van der Waals surface area contributed by atoms with E-state index in [4.69, 9.17) is 0 Å². The molecule has 1 unspecified atom stereocenters. The van der Waals surface area contributed by atoms with E-state index in [0.29, 0.717) is 19.5 Å². The lowest BCUT2D eigenvalue weighted by Crippen LogP contribution is -2.49. The molecule has 1 aliphatic rings. The summed E-state index contributed by atoms with van der Waals surface area (Å²) in [5, 5.41) is 9.21. The van der Waals surface area contributed by atoms with Gasteiger partial charge in [0.2, 0.25) is 5.91 Å². The summed E-state index contributed by atoms with van der Waals surface area (Å²) in [6.45, 7) is 2.99. The van der Waals surface area contributed by atoms with Crippen LogP contribution in [0.5, 0.6) is 0 Å². The van der Waals surface area contributed by atoms with Crippen molar-refractivity contribution in [3.05, 3.63) is 35.6 Å². The van der Waals surface area contributed by atoms with E-state index in [9.17, 15) is 14.4 Å². The van der Waals surface area contributed by atoms with Crippen LogP contribution in [-0.2, 0) is 11.2 Å². The van der Waals surface area contributed by atoms with Crippen LogP contribution in [0.15, 0.2) is 24.3 Å². The largest absolute Gasteiger partial charge is 0.339 e. The minimum atomic E-state index is -0.691. The van der Waals surface area contributed by atoms with Crippen molar-refractivity contribution in [2.75, 3.05) is 33.2 Å². The summed E-state index contributed by atoms with van der Waals surface area (Å²) in [5.74, 6) is -1.12. The SMILES string of the molecule is CN1CCN(C(=O)C(C#N)Cc2ccc(F)cc2)CC1. The van der Waals surface area contributed by atoms with Crippen LogP contribution in [0, 0.1) is 23.1 Å². The van der Waals surface area contributed by atoms with Gasteiger partial charge in [-0.05, 0) is 31.2 Å². The molecule has 0 aliphatic carbocycles. The van der Waals surface area contributed by atoms with Crippen LogP contribution in [0.2, 0.25) is 0 Å². The molecule has 1 fully saturated rings. The number of amides is 1. The van der Waals surface area contributed by atoms with Crippen molar-refractivity contribution in [2.45, 2.75) is 6.42 Å². The molecule has 20 heavy (non-hydrogen) atoms. The lowest BCUT2D eigenvalue weighted by Gasteiger charge is -2.33. The van der Waals surface area contributed by atoms with Crippen molar-refractivity contribution in [1.82, 2.24) is 9.80 Å². The first-order valence-electron chi connectivity index (χ1n) is 6.71. The van der Waals surface area contributed by atoms with Crippen molar-refractivity contribution < 1.29 is 9.18 Å². The molecule has 0 saturated carbocycles. The van der Waals surface area contributed by atoms with Gasteiger partial charge in [-0.1, -0.05) is 12.1 Å². The van der Waals surface area contributed by atoms with E-state index in [1.807, 2.05) is 7.05 Å². The zero-order chi connectivity index (χ0) is 14.5. The third kappa shape index (κ3) is 3.55. The summed E-state index contributed by atoms with van der Waals surface area (Å²) in [4.78, 5) is 16.2. The summed E-state index contributed by atoms with van der Waals surface area (Å²) in [5.41, 5.74) is 0.806. The summed E-state index contributed by atoms with van der Waals surface area (Å²) in [7, 11) is 2.02. The molecular weight excluding hydrogens is 257 g/mol. The number of halogens is 1. The van der Waals surface area contributed by atoms with E-state index in [-0.39, 0.29) is 11.7 Å². The summed E-state index contributed by atoms with van der Waals surface area (Å²) in [6.07, 6.45) is 0.335. The molecule has 2 rings (SSSR count). The Kier molecular flexibility index (Phi) is 4.70. The first kappa shape index (κ1) is 14.5. The highest BCUT2D eigenvalue weighted by atomic mass is 19.1. The van der Waals surface area contributed by atoms with Gasteiger partial charge in [0.25, 0.3) is 0 Å². The lowest BCUT2D eigenvalue weighted by atomic mass is 9.99. The first-order valence-corrected chi connectivity index (χ1v) is 6.71. The predicted molar refractivity (Wildman–Crippen MR) is 73.3 cm³/mol. The molecule has 1 aromatic carbocycles. The molecule has 1 amide bonds. The number of nitrogens with zero attached hydrogens (tertiary/aromatic N) is 3. The Balaban J connectivity index is 1.99. The zero-order valence-electron chi connectivity index (χ0n) is 11.6. The molecule has 0 N–H and O–H groups in total. The summed E-state index contributed by atoms with van der Waals surface area (Å²) in [6, 6.07) is 8.02. The van der Waals surface area contributed by atoms with Gasteiger partial charge in [0.15, 0.2) is 0 Å². The number of hydrogen-bond acceptors (Lipinski definition) is 3. The number of benzene rings is 1. The highest BCUT2D eigenvalue weighted by Crippen LogP contribution is 2.13. The molecule has 1 atom stereocenters. The number of nitriles is 1. The molecule has 0 bridgehead atoms. The molecule has 1 aliphatic heterocycles.